The van der Waals surface area contributed by atoms with E-state index in [4.69, 9.17) is 0 Å². The van der Waals surface area contributed by atoms with Crippen molar-refractivity contribution >= 4 is 29.9 Å². The van der Waals surface area contributed by atoms with Gasteiger partial charge < -0.3 is 15.5 Å². The van der Waals surface area contributed by atoms with Crippen LogP contribution in [0.5, 0.6) is 0 Å². The van der Waals surface area contributed by atoms with Crippen LogP contribution in [0.3, 0.4) is 0 Å². The molecule has 22 heavy (non-hydrogen) atoms. The topological polar surface area (TPSA) is 39.7 Å². The summed E-state index contributed by atoms with van der Waals surface area (Å²) in [6.07, 6.45) is 2.62. The van der Waals surface area contributed by atoms with E-state index in [0.29, 0.717) is 0 Å². The van der Waals surface area contributed by atoms with Crippen LogP contribution in [0.25, 0.3) is 0 Å². The fourth-order valence-corrected chi connectivity index (χ4v) is 2.89. The van der Waals surface area contributed by atoms with Gasteiger partial charge in [0.15, 0.2) is 5.96 Å². The Kier molecular flexibility index (Phi) is 8.78. The molecule has 2 N–H and O–H groups in total. The lowest BCUT2D eigenvalue weighted by Crippen LogP contribution is -2.43. The van der Waals surface area contributed by atoms with Crippen LogP contribution >= 0.6 is 24.0 Å². The predicted molar refractivity (Wildman–Crippen MR) is 105 cm³/mol. The minimum atomic E-state index is 0. The van der Waals surface area contributed by atoms with E-state index >= 15 is 0 Å². The summed E-state index contributed by atoms with van der Waals surface area (Å²) in [6, 6.07) is 8.46. The maximum Gasteiger partial charge on any atom is 0.191 e. The van der Waals surface area contributed by atoms with Gasteiger partial charge in [0.1, 0.15) is 0 Å². The van der Waals surface area contributed by atoms with Crippen molar-refractivity contribution in [2.75, 3.05) is 33.7 Å². The van der Waals surface area contributed by atoms with Crippen molar-refractivity contribution < 1.29 is 0 Å². The maximum atomic E-state index is 4.32. The third kappa shape index (κ3) is 6.12. The van der Waals surface area contributed by atoms with Gasteiger partial charge in [-0.25, -0.2) is 0 Å². The summed E-state index contributed by atoms with van der Waals surface area (Å²) in [4.78, 5) is 6.73. The second-order valence-corrected chi connectivity index (χ2v) is 6.00. The first-order chi connectivity index (χ1) is 10.2. The van der Waals surface area contributed by atoms with E-state index in [0.717, 1.165) is 25.0 Å². The van der Waals surface area contributed by atoms with Crippen LogP contribution in [-0.4, -0.2) is 44.6 Å². The largest absolute Gasteiger partial charge is 0.356 e. The number of nitrogens with one attached hydrogen (secondary N) is 2. The van der Waals surface area contributed by atoms with Gasteiger partial charge in [-0.15, -0.1) is 24.0 Å². The Morgan fingerprint density at radius 1 is 1.32 bits per heavy atom. The molecule has 124 valence electrons. The van der Waals surface area contributed by atoms with Gasteiger partial charge in [0.2, 0.25) is 0 Å². The quantitative estimate of drug-likeness (QED) is 0.451. The zero-order chi connectivity index (χ0) is 15.1. The average molecular weight is 416 g/mol. The molecule has 1 heterocycles. The number of hydrogen-bond acceptors (Lipinski definition) is 2. The summed E-state index contributed by atoms with van der Waals surface area (Å²) in [5.41, 5.74) is 2.63. The number of aliphatic imine (C=N–C) groups is 1. The van der Waals surface area contributed by atoms with Crippen LogP contribution in [0.1, 0.15) is 24.0 Å². The summed E-state index contributed by atoms with van der Waals surface area (Å²) >= 11 is 0. The fraction of sp³-hybridized carbons (Fsp3) is 0.588. The van der Waals surface area contributed by atoms with Crippen LogP contribution in [0.2, 0.25) is 0 Å². The monoisotopic (exact) mass is 416 g/mol. The van der Waals surface area contributed by atoms with Gasteiger partial charge in [0.25, 0.3) is 0 Å². The van der Waals surface area contributed by atoms with E-state index in [-0.39, 0.29) is 24.0 Å². The maximum absolute atomic E-state index is 4.32. The van der Waals surface area contributed by atoms with E-state index in [9.17, 15) is 0 Å². The molecule has 0 spiro atoms. The van der Waals surface area contributed by atoms with Crippen LogP contribution in [0, 0.1) is 12.8 Å². The highest BCUT2D eigenvalue weighted by Gasteiger charge is 2.17. The highest BCUT2D eigenvalue weighted by molar-refractivity contribution is 14.0. The molecule has 0 radical (unpaired) electrons. The lowest BCUT2D eigenvalue weighted by molar-refractivity contribution is 0.210. The summed E-state index contributed by atoms with van der Waals surface area (Å²) in [5.74, 6) is 1.62. The minimum absolute atomic E-state index is 0. The lowest BCUT2D eigenvalue weighted by atomic mass is 9.99. The summed E-state index contributed by atoms with van der Waals surface area (Å²) in [5, 5.41) is 6.86. The first-order valence-corrected chi connectivity index (χ1v) is 7.86. The Labute approximate surface area is 151 Å². The Morgan fingerprint density at radius 2 is 2.09 bits per heavy atom. The molecule has 1 atom stereocenters. The smallest absolute Gasteiger partial charge is 0.191 e. The predicted octanol–water partition coefficient (Wildman–Crippen LogP) is 2.62. The van der Waals surface area contributed by atoms with Gasteiger partial charge in [-0.05, 0) is 50.4 Å². The first kappa shape index (κ1) is 19.2. The summed E-state index contributed by atoms with van der Waals surface area (Å²) in [6.45, 7) is 6.37. The van der Waals surface area contributed by atoms with Crippen molar-refractivity contribution in [1.82, 2.24) is 15.5 Å². The molecule has 1 fully saturated rings. The molecule has 0 bridgehead atoms. The molecule has 0 aliphatic carbocycles. The summed E-state index contributed by atoms with van der Waals surface area (Å²) < 4.78 is 0. The Bertz CT molecular complexity index is 475. The Morgan fingerprint density at radius 3 is 2.77 bits per heavy atom. The van der Waals surface area contributed by atoms with Gasteiger partial charge >= 0.3 is 0 Å². The molecular weight excluding hydrogens is 387 g/mol. The molecule has 1 saturated heterocycles. The third-order valence-corrected chi connectivity index (χ3v) is 4.21. The van der Waals surface area contributed by atoms with E-state index in [1.165, 1.54) is 37.1 Å². The molecule has 1 aliphatic rings. The molecule has 1 aliphatic heterocycles. The first-order valence-electron chi connectivity index (χ1n) is 7.86. The second-order valence-electron chi connectivity index (χ2n) is 6.00. The zero-order valence-corrected chi connectivity index (χ0v) is 16.3. The number of rotatable bonds is 4. The number of guanidine groups is 1. The van der Waals surface area contributed by atoms with Crippen molar-refractivity contribution in [3.8, 4) is 0 Å². The molecule has 1 unspecified atom stereocenters. The molecule has 2 rings (SSSR count). The standard InChI is InChI=1S/C17H28N4.HI/c1-14-7-4-5-9-16(14)12-20-17(18-2)19-11-15-8-6-10-21(3)13-15;/h4-5,7,9,15H,6,8,10-13H2,1-3H3,(H2,18,19,20);1H. The number of piperidine rings is 1. The normalized spacial score (nSPS) is 19.4. The van der Waals surface area contributed by atoms with Gasteiger partial charge in [-0.3, -0.25) is 4.99 Å². The van der Waals surface area contributed by atoms with E-state index in [2.05, 4.69) is 58.8 Å². The molecule has 5 heteroatoms. The van der Waals surface area contributed by atoms with Crippen molar-refractivity contribution in [3.63, 3.8) is 0 Å². The number of aryl methyl sites for hydroxylation is 1. The van der Waals surface area contributed by atoms with Gasteiger partial charge in [-0.1, -0.05) is 24.3 Å². The molecule has 4 nitrogen and oxygen atoms in total. The van der Waals surface area contributed by atoms with Crippen LogP contribution in [-0.2, 0) is 6.54 Å². The molecule has 0 aromatic heterocycles. The van der Waals surface area contributed by atoms with Gasteiger partial charge in [-0.2, -0.15) is 0 Å². The van der Waals surface area contributed by atoms with Crippen molar-refractivity contribution in [2.24, 2.45) is 10.9 Å². The van der Waals surface area contributed by atoms with Crippen LogP contribution in [0.4, 0.5) is 0 Å². The number of likely N-dealkylation sites (tertiary alicyclic amines) is 1. The third-order valence-electron chi connectivity index (χ3n) is 4.21. The Balaban J connectivity index is 0.00000242. The van der Waals surface area contributed by atoms with Crippen molar-refractivity contribution in [1.29, 1.82) is 0 Å². The number of hydrogen-bond donors (Lipinski definition) is 2. The minimum Gasteiger partial charge on any atom is -0.356 e. The van der Waals surface area contributed by atoms with E-state index in [1.807, 2.05) is 7.05 Å². The fourth-order valence-electron chi connectivity index (χ4n) is 2.89. The zero-order valence-electron chi connectivity index (χ0n) is 13.9. The van der Waals surface area contributed by atoms with Crippen molar-refractivity contribution in [2.45, 2.75) is 26.3 Å². The number of nitrogens with zero attached hydrogens (tertiary/aromatic N) is 2. The highest BCUT2D eigenvalue weighted by atomic mass is 127. The lowest BCUT2D eigenvalue weighted by Gasteiger charge is -2.30. The van der Waals surface area contributed by atoms with E-state index in [1.54, 1.807) is 0 Å². The molecule has 0 amide bonds. The highest BCUT2D eigenvalue weighted by Crippen LogP contribution is 2.13. The van der Waals surface area contributed by atoms with Crippen LogP contribution < -0.4 is 10.6 Å². The number of halogens is 1. The molecule has 1 aromatic carbocycles. The van der Waals surface area contributed by atoms with Crippen molar-refractivity contribution in [3.05, 3.63) is 35.4 Å². The SMILES string of the molecule is CN=C(NCc1ccccc1C)NCC1CCCN(C)C1.I. The van der Waals surface area contributed by atoms with E-state index < -0.39 is 0 Å². The summed E-state index contributed by atoms with van der Waals surface area (Å²) in [7, 11) is 4.04. The average Bonchev–Trinajstić information content (AvgIpc) is 2.49. The second kappa shape index (κ2) is 10.0. The molecule has 1 aromatic rings. The van der Waals surface area contributed by atoms with Gasteiger partial charge in [0, 0.05) is 26.7 Å². The molecular formula is C17H29IN4. The van der Waals surface area contributed by atoms with Crippen LogP contribution in [0.15, 0.2) is 29.3 Å². The Hall–Kier alpha value is -0.820. The molecule has 0 saturated carbocycles. The number of benzene rings is 1. The van der Waals surface area contributed by atoms with Gasteiger partial charge in [0.05, 0.1) is 0 Å².